The van der Waals surface area contributed by atoms with Crippen LogP contribution < -0.4 is 5.73 Å². The lowest BCUT2D eigenvalue weighted by Gasteiger charge is -2.25. The van der Waals surface area contributed by atoms with Crippen LogP contribution >= 0.6 is 0 Å². The molecule has 7 heteroatoms. The molecule has 4 rings (SSSR count). The Hall–Kier alpha value is -3.16. The third-order valence-electron chi connectivity index (χ3n) is 5.48. The van der Waals surface area contributed by atoms with Gasteiger partial charge in [-0.15, -0.1) is 0 Å². The van der Waals surface area contributed by atoms with Crippen molar-refractivity contribution in [3.63, 3.8) is 0 Å². The van der Waals surface area contributed by atoms with Gasteiger partial charge in [-0.3, -0.25) is 9.69 Å². The van der Waals surface area contributed by atoms with Gasteiger partial charge < -0.3 is 19.9 Å². The molecule has 31 heavy (non-hydrogen) atoms. The Bertz CT molecular complexity index is 1070. The summed E-state index contributed by atoms with van der Waals surface area (Å²) in [7, 11) is 0. The van der Waals surface area contributed by atoms with Gasteiger partial charge in [0.1, 0.15) is 0 Å². The van der Waals surface area contributed by atoms with Crippen LogP contribution in [0, 0.1) is 0 Å². The van der Waals surface area contributed by atoms with E-state index in [2.05, 4.69) is 21.5 Å². The van der Waals surface area contributed by atoms with E-state index in [1.54, 1.807) is 0 Å². The number of para-hydroxylation sites is 1. The van der Waals surface area contributed by atoms with E-state index < -0.39 is 0 Å². The summed E-state index contributed by atoms with van der Waals surface area (Å²) >= 11 is 0. The Kier molecular flexibility index (Phi) is 6.64. The third kappa shape index (κ3) is 4.62. The Morgan fingerprint density at radius 3 is 2.55 bits per heavy atom. The van der Waals surface area contributed by atoms with Crippen molar-refractivity contribution in [1.29, 1.82) is 0 Å². The molecule has 0 saturated carbocycles. The minimum absolute atomic E-state index is 0.120. The minimum atomic E-state index is -0.165. The molecular formula is C24H28N4O3. The zero-order valence-electron chi connectivity index (χ0n) is 17.8. The Morgan fingerprint density at radius 2 is 1.81 bits per heavy atom. The number of nitrogens with zero attached hydrogens (tertiary/aromatic N) is 3. The van der Waals surface area contributed by atoms with Crippen LogP contribution in [-0.4, -0.2) is 60.5 Å². The molecule has 162 valence electrons. The fraction of sp³-hybridized carbons (Fsp3) is 0.333. The Labute approximate surface area is 182 Å². The van der Waals surface area contributed by atoms with Gasteiger partial charge in [0.05, 0.1) is 31.0 Å². The van der Waals surface area contributed by atoms with Gasteiger partial charge in [-0.05, 0) is 18.6 Å². The van der Waals surface area contributed by atoms with Gasteiger partial charge in [-0.1, -0.05) is 53.7 Å². The average molecular weight is 421 g/mol. The zero-order valence-corrected chi connectivity index (χ0v) is 17.8. The summed E-state index contributed by atoms with van der Waals surface area (Å²) in [6.07, 6.45) is 0. The summed E-state index contributed by atoms with van der Waals surface area (Å²) in [5.74, 6) is 0.235. The average Bonchev–Trinajstić information content (AvgIpc) is 3.14. The normalized spacial score (nSPS) is 15.3. The highest BCUT2D eigenvalue weighted by Gasteiger charge is 2.23. The number of carbonyl (C=O) groups is 1. The molecule has 0 atom stereocenters. The molecule has 0 amide bonds. The summed E-state index contributed by atoms with van der Waals surface area (Å²) in [4.78, 5) is 20.8. The van der Waals surface area contributed by atoms with E-state index in [0.29, 0.717) is 31.2 Å². The zero-order chi connectivity index (χ0) is 21.6. The van der Waals surface area contributed by atoms with Crippen molar-refractivity contribution < 1.29 is 14.4 Å². The van der Waals surface area contributed by atoms with Crippen LogP contribution in [0.25, 0.3) is 22.2 Å². The Morgan fingerprint density at radius 1 is 1.10 bits per heavy atom. The summed E-state index contributed by atoms with van der Waals surface area (Å²) in [5.41, 5.74) is 9.59. The molecule has 7 nitrogen and oxygen atoms in total. The van der Waals surface area contributed by atoms with E-state index in [-0.39, 0.29) is 12.4 Å². The smallest absolute Gasteiger partial charge is 0.205 e. The Balaban J connectivity index is 1.58. The van der Waals surface area contributed by atoms with Gasteiger partial charge in [-0.25, -0.2) is 0 Å². The first-order valence-corrected chi connectivity index (χ1v) is 10.6. The van der Waals surface area contributed by atoms with Gasteiger partial charge in [0.2, 0.25) is 5.78 Å². The fourth-order valence-corrected chi connectivity index (χ4v) is 4.07. The van der Waals surface area contributed by atoms with Crippen molar-refractivity contribution in [3.8, 4) is 11.3 Å². The van der Waals surface area contributed by atoms with E-state index >= 15 is 0 Å². The first-order chi connectivity index (χ1) is 15.2. The molecule has 0 unspecified atom stereocenters. The number of benzene rings is 2. The van der Waals surface area contributed by atoms with E-state index in [9.17, 15) is 4.79 Å². The lowest BCUT2D eigenvalue weighted by molar-refractivity contribution is 0.0444. The van der Waals surface area contributed by atoms with Gasteiger partial charge >= 0.3 is 0 Å². The second kappa shape index (κ2) is 9.76. The second-order valence-corrected chi connectivity index (χ2v) is 7.52. The van der Waals surface area contributed by atoms with Crippen LogP contribution in [0.15, 0.2) is 59.8 Å². The number of hydrogen-bond acceptors (Lipinski definition) is 5. The van der Waals surface area contributed by atoms with Gasteiger partial charge in [0, 0.05) is 30.5 Å². The summed E-state index contributed by atoms with van der Waals surface area (Å²) in [6.45, 7) is 6.18. The highest BCUT2D eigenvalue weighted by Crippen LogP contribution is 2.34. The molecular weight excluding hydrogens is 392 g/mol. The summed E-state index contributed by atoms with van der Waals surface area (Å²) in [5, 5.41) is 4.90. The lowest BCUT2D eigenvalue weighted by atomic mass is 10.0. The number of morpholine rings is 1. The van der Waals surface area contributed by atoms with Gasteiger partial charge in [0.25, 0.3) is 0 Å². The van der Waals surface area contributed by atoms with Crippen molar-refractivity contribution in [2.24, 2.45) is 10.9 Å². The van der Waals surface area contributed by atoms with Gasteiger partial charge in [-0.2, -0.15) is 0 Å². The van der Waals surface area contributed by atoms with Crippen molar-refractivity contribution in [1.82, 2.24) is 9.47 Å². The quantitative estimate of drug-likeness (QED) is 0.262. The van der Waals surface area contributed by atoms with Crippen molar-refractivity contribution in [2.75, 3.05) is 39.5 Å². The highest BCUT2D eigenvalue weighted by molar-refractivity contribution is 6.14. The van der Waals surface area contributed by atoms with Crippen LogP contribution in [0.4, 0.5) is 0 Å². The molecule has 0 aliphatic carbocycles. The minimum Gasteiger partial charge on any atom is -0.386 e. The number of fused-ring (bicyclic) bond motifs is 1. The van der Waals surface area contributed by atoms with E-state index in [0.717, 1.165) is 41.8 Å². The number of carbonyl (C=O) groups excluding carboxylic acids is 1. The predicted octanol–water partition coefficient (Wildman–Crippen LogP) is 3.13. The SMILES string of the molecule is CCn1c(-c2ccccc2)c(C(=O)CO/N=C(/N)CN2CCOCC2)c2ccccc21. The van der Waals surface area contributed by atoms with Crippen molar-refractivity contribution >= 4 is 22.5 Å². The summed E-state index contributed by atoms with van der Waals surface area (Å²) in [6, 6.07) is 17.9. The number of aryl methyl sites for hydroxylation is 1. The van der Waals surface area contributed by atoms with Gasteiger partial charge in [0.15, 0.2) is 12.4 Å². The number of aromatic nitrogens is 1. The molecule has 1 saturated heterocycles. The maximum atomic E-state index is 13.3. The third-order valence-corrected chi connectivity index (χ3v) is 5.48. The molecule has 2 N–H and O–H groups in total. The molecule has 0 spiro atoms. The number of oxime groups is 1. The number of ketones is 1. The molecule has 1 fully saturated rings. The molecule has 2 aromatic carbocycles. The molecule has 1 aliphatic rings. The predicted molar refractivity (Wildman–Crippen MR) is 122 cm³/mol. The van der Waals surface area contributed by atoms with E-state index in [1.807, 2.05) is 54.6 Å². The fourth-order valence-electron chi connectivity index (χ4n) is 4.07. The number of amidine groups is 1. The van der Waals surface area contributed by atoms with Crippen LogP contribution in [0.3, 0.4) is 0 Å². The van der Waals surface area contributed by atoms with Crippen LogP contribution in [0.5, 0.6) is 0 Å². The largest absolute Gasteiger partial charge is 0.386 e. The number of ether oxygens (including phenoxy) is 1. The maximum Gasteiger partial charge on any atom is 0.205 e. The topological polar surface area (TPSA) is 82.1 Å². The van der Waals surface area contributed by atoms with Crippen molar-refractivity contribution in [3.05, 3.63) is 60.2 Å². The van der Waals surface area contributed by atoms with Crippen LogP contribution in [-0.2, 0) is 16.1 Å². The van der Waals surface area contributed by atoms with Crippen LogP contribution in [0.2, 0.25) is 0 Å². The first-order valence-electron chi connectivity index (χ1n) is 10.6. The lowest BCUT2D eigenvalue weighted by Crippen LogP contribution is -2.41. The number of hydrogen-bond donors (Lipinski definition) is 1. The summed E-state index contributed by atoms with van der Waals surface area (Å²) < 4.78 is 7.51. The standard InChI is InChI=1S/C24H28N4O3/c1-2-28-20-11-7-6-10-19(20)23(24(28)18-8-4-3-5-9-18)21(29)17-31-26-22(25)16-27-12-14-30-15-13-27/h3-11H,2,12-17H2,1H3,(H2,25,26). The molecule has 2 heterocycles. The molecule has 1 aromatic heterocycles. The van der Waals surface area contributed by atoms with Crippen molar-refractivity contribution in [2.45, 2.75) is 13.5 Å². The molecule has 3 aromatic rings. The molecule has 0 bridgehead atoms. The molecule has 1 aliphatic heterocycles. The maximum absolute atomic E-state index is 13.3. The monoisotopic (exact) mass is 420 g/mol. The van der Waals surface area contributed by atoms with E-state index in [4.69, 9.17) is 15.3 Å². The number of Topliss-reactive ketones (excluding diaryl/α,β-unsaturated/α-hetero) is 1. The number of rotatable bonds is 8. The van der Waals surface area contributed by atoms with Crippen LogP contribution in [0.1, 0.15) is 17.3 Å². The number of nitrogens with two attached hydrogens (primary N) is 1. The molecule has 0 radical (unpaired) electrons. The second-order valence-electron chi connectivity index (χ2n) is 7.52. The highest BCUT2D eigenvalue weighted by atomic mass is 16.6. The first kappa shape index (κ1) is 21.1. The van der Waals surface area contributed by atoms with E-state index in [1.165, 1.54) is 0 Å².